The number of nitrogens with zero attached hydrogens (tertiary/aromatic N) is 2. The largest absolute Gasteiger partial charge is 0.480 e. The Labute approximate surface area is 95.3 Å². The molecule has 5 heteroatoms. The van der Waals surface area contributed by atoms with Crippen LogP contribution < -0.4 is 5.73 Å². The van der Waals surface area contributed by atoms with Crippen molar-refractivity contribution < 1.29 is 9.90 Å². The number of aryl methyl sites for hydroxylation is 1. The van der Waals surface area contributed by atoms with Gasteiger partial charge in [-0.05, 0) is 5.56 Å². The molecule has 1 aromatic heterocycles. The van der Waals surface area contributed by atoms with Crippen molar-refractivity contribution in [2.75, 3.05) is 0 Å². The minimum absolute atomic E-state index is 0.102. The van der Waals surface area contributed by atoms with Gasteiger partial charge in [0.05, 0.1) is 5.69 Å². The van der Waals surface area contributed by atoms with Crippen molar-refractivity contribution >= 4 is 5.97 Å². The van der Waals surface area contributed by atoms with Gasteiger partial charge in [0, 0.05) is 25.1 Å². The van der Waals surface area contributed by atoms with E-state index in [9.17, 15) is 4.79 Å². The van der Waals surface area contributed by atoms with Gasteiger partial charge in [-0.3, -0.25) is 9.48 Å². The zero-order chi connectivity index (χ0) is 12.5. The molecular formula is C11H19N3O2. The third-order valence-corrected chi connectivity index (χ3v) is 2.37. The van der Waals surface area contributed by atoms with Crippen LogP contribution in [0.25, 0.3) is 0 Å². The molecule has 0 saturated heterocycles. The van der Waals surface area contributed by atoms with Gasteiger partial charge < -0.3 is 10.8 Å². The molecule has 0 aromatic carbocycles. The Bertz CT molecular complexity index is 390. The van der Waals surface area contributed by atoms with E-state index in [1.165, 1.54) is 0 Å². The summed E-state index contributed by atoms with van der Waals surface area (Å²) in [7, 11) is 1.82. The maximum Gasteiger partial charge on any atom is 0.320 e. The van der Waals surface area contributed by atoms with Crippen LogP contribution in [-0.2, 0) is 23.7 Å². The number of aliphatic carboxylic acids is 1. The fourth-order valence-electron chi connectivity index (χ4n) is 1.64. The number of hydrogen-bond acceptors (Lipinski definition) is 3. The smallest absolute Gasteiger partial charge is 0.320 e. The number of nitrogens with two attached hydrogens (primary N) is 1. The first-order chi connectivity index (χ1) is 7.21. The molecule has 1 heterocycles. The lowest BCUT2D eigenvalue weighted by molar-refractivity contribution is -0.138. The third-order valence-electron chi connectivity index (χ3n) is 2.37. The molecule has 0 fully saturated rings. The van der Waals surface area contributed by atoms with E-state index < -0.39 is 12.0 Å². The van der Waals surface area contributed by atoms with Gasteiger partial charge >= 0.3 is 5.97 Å². The highest BCUT2D eigenvalue weighted by molar-refractivity contribution is 5.73. The van der Waals surface area contributed by atoms with E-state index in [2.05, 4.69) is 5.10 Å². The molecule has 0 radical (unpaired) electrons. The summed E-state index contributed by atoms with van der Waals surface area (Å²) >= 11 is 0. The fourth-order valence-corrected chi connectivity index (χ4v) is 1.64. The Morgan fingerprint density at radius 3 is 2.62 bits per heavy atom. The van der Waals surface area contributed by atoms with E-state index in [-0.39, 0.29) is 5.41 Å². The second-order valence-corrected chi connectivity index (χ2v) is 5.08. The quantitative estimate of drug-likeness (QED) is 0.792. The van der Waals surface area contributed by atoms with Crippen LogP contribution in [-0.4, -0.2) is 26.9 Å². The summed E-state index contributed by atoms with van der Waals surface area (Å²) in [5, 5.41) is 13.2. The highest BCUT2D eigenvalue weighted by Gasteiger charge is 2.24. The van der Waals surface area contributed by atoms with E-state index in [4.69, 9.17) is 10.8 Å². The maximum absolute atomic E-state index is 10.7. The maximum atomic E-state index is 10.7. The Kier molecular flexibility index (Phi) is 3.38. The Morgan fingerprint density at radius 2 is 2.19 bits per heavy atom. The third kappa shape index (κ3) is 2.82. The Hall–Kier alpha value is -1.36. The summed E-state index contributed by atoms with van der Waals surface area (Å²) in [5.41, 5.74) is 7.25. The first kappa shape index (κ1) is 12.7. The zero-order valence-corrected chi connectivity index (χ0v) is 10.2. The van der Waals surface area contributed by atoms with Crippen LogP contribution >= 0.6 is 0 Å². The predicted molar refractivity (Wildman–Crippen MR) is 61.2 cm³/mol. The van der Waals surface area contributed by atoms with Gasteiger partial charge in [0.15, 0.2) is 0 Å². The fraction of sp³-hybridized carbons (Fsp3) is 0.636. The first-order valence-electron chi connectivity index (χ1n) is 5.23. The normalized spacial score (nSPS) is 13.8. The summed E-state index contributed by atoms with van der Waals surface area (Å²) in [4.78, 5) is 10.7. The average Bonchev–Trinajstić information content (AvgIpc) is 2.45. The van der Waals surface area contributed by atoms with Crippen LogP contribution in [0.4, 0.5) is 0 Å². The molecule has 90 valence electrons. The second kappa shape index (κ2) is 4.25. The second-order valence-electron chi connectivity index (χ2n) is 5.08. The molecular weight excluding hydrogens is 206 g/mol. The van der Waals surface area contributed by atoms with Gasteiger partial charge in [-0.15, -0.1) is 0 Å². The summed E-state index contributed by atoms with van der Waals surface area (Å²) < 4.78 is 1.70. The minimum Gasteiger partial charge on any atom is -0.480 e. The van der Waals surface area contributed by atoms with Gasteiger partial charge in [-0.25, -0.2) is 0 Å². The number of rotatable bonds is 3. The SMILES string of the molecule is Cn1cc(CC(N)C(=O)O)c(C(C)(C)C)n1. The molecule has 0 bridgehead atoms. The lowest BCUT2D eigenvalue weighted by Crippen LogP contribution is -2.33. The van der Waals surface area contributed by atoms with E-state index in [1.54, 1.807) is 4.68 Å². The lowest BCUT2D eigenvalue weighted by Gasteiger charge is -2.18. The molecule has 3 N–H and O–H groups in total. The Balaban J connectivity index is 3.00. The molecule has 0 saturated carbocycles. The van der Waals surface area contributed by atoms with Crippen molar-refractivity contribution in [3.63, 3.8) is 0 Å². The number of aromatic nitrogens is 2. The minimum atomic E-state index is -0.983. The van der Waals surface area contributed by atoms with Crippen molar-refractivity contribution in [2.45, 2.75) is 38.6 Å². The standard InChI is InChI=1S/C11H19N3O2/c1-11(2,3)9-7(6-14(4)13-9)5-8(12)10(15)16/h6,8H,5,12H2,1-4H3,(H,15,16). The number of hydrogen-bond donors (Lipinski definition) is 2. The van der Waals surface area contributed by atoms with Gasteiger partial charge in [0.25, 0.3) is 0 Å². The van der Waals surface area contributed by atoms with Crippen LogP contribution in [0.2, 0.25) is 0 Å². The molecule has 0 aliphatic rings. The molecule has 1 aromatic rings. The van der Waals surface area contributed by atoms with E-state index >= 15 is 0 Å². The molecule has 1 rings (SSSR count). The predicted octanol–water partition coefficient (Wildman–Crippen LogP) is 0.672. The molecule has 1 atom stereocenters. The summed E-state index contributed by atoms with van der Waals surface area (Å²) in [6, 6.07) is -0.870. The van der Waals surface area contributed by atoms with Gasteiger partial charge in [-0.2, -0.15) is 5.10 Å². The lowest BCUT2D eigenvalue weighted by atomic mass is 9.88. The number of carboxylic acid groups (broad SMARTS) is 1. The van der Waals surface area contributed by atoms with Crippen LogP contribution in [0.5, 0.6) is 0 Å². The number of carbonyl (C=O) groups is 1. The van der Waals surface area contributed by atoms with E-state index in [0.29, 0.717) is 6.42 Å². The van der Waals surface area contributed by atoms with Gasteiger partial charge in [0.1, 0.15) is 6.04 Å². The van der Waals surface area contributed by atoms with Crippen LogP contribution in [0.15, 0.2) is 6.20 Å². The average molecular weight is 225 g/mol. The van der Waals surface area contributed by atoms with Crippen molar-refractivity contribution in [3.8, 4) is 0 Å². The molecule has 0 spiro atoms. The van der Waals surface area contributed by atoms with Crippen LogP contribution in [0.3, 0.4) is 0 Å². The van der Waals surface area contributed by atoms with Crippen LogP contribution in [0, 0.1) is 0 Å². The topological polar surface area (TPSA) is 81.1 Å². The van der Waals surface area contributed by atoms with Crippen molar-refractivity contribution in [1.29, 1.82) is 0 Å². The molecule has 0 aliphatic heterocycles. The van der Waals surface area contributed by atoms with E-state index in [0.717, 1.165) is 11.3 Å². The van der Waals surface area contributed by atoms with Gasteiger partial charge in [-0.1, -0.05) is 20.8 Å². The molecule has 16 heavy (non-hydrogen) atoms. The zero-order valence-electron chi connectivity index (χ0n) is 10.2. The summed E-state index contributed by atoms with van der Waals surface area (Å²) in [6.07, 6.45) is 2.15. The molecule has 0 amide bonds. The van der Waals surface area contributed by atoms with E-state index in [1.807, 2.05) is 34.0 Å². The molecule has 0 aliphatic carbocycles. The van der Waals surface area contributed by atoms with Crippen molar-refractivity contribution in [3.05, 3.63) is 17.5 Å². The van der Waals surface area contributed by atoms with Gasteiger partial charge in [0.2, 0.25) is 0 Å². The van der Waals surface area contributed by atoms with Crippen molar-refractivity contribution in [2.24, 2.45) is 12.8 Å². The monoisotopic (exact) mass is 225 g/mol. The molecule has 1 unspecified atom stereocenters. The summed E-state index contributed by atoms with van der Waals surface area (Å²) in [6.45, 7) is 6.14. The Morgan fingerprint density at radius 1 is 1.62 bits per heavy atom. The number of carboxylic acids is 1. The highest BCUT2D eigenvalue weighted by Crippen LogP contribution is 2.24. The summed E-state index contributed by atoms with van der Waals surface area (Å²) in [5.74, 6) is -0.983. The first-order valence-corrected chi connectivity index (χ1v) is 5.23. The van der Waals surface area contributed by atoms with Crippen molar-refractivity contribution in [1.82, 2.24) is 9.78 Å². The van der Waals surface area contributed by atoms with Crippen LogP contribution in [0.1, 0.15) is 32.0 Å². The molecule has 5 nitrogen and oxygen atoms in total. The highest BCUT2D eigenvalue weighted by atomic mass is 16.4.